The minimum absolute atomic E-state index is 0.704. The maximum atomic E-state index is 6.24. The van der Waals surface area contributed by atoms with Gasteiger partial charge < -0.3 is 10.6 Å². The maximum absolute atomic E-state index is 6.24. The normalized spacial score (nSPS) is 11.1. The van der Waals surface area contributed by atoms with Crippen molar-refractivity contribution >= 4 is 22.3 Å². The number of nitrogen functional groups attached to an aromatic ring is 1. The van der Waals surface area contributed by atoms with Gasteiger partial charge in [0, 0.05) is 25.2 Å². The Morgan fingerprint density at radius 3 is 2.78 bits per heavy atom. The second kappa shape index (κ2) is 5.25. The van der Waals surface area contributed by atoms with Crippen molar-refractivity contribution in [2.75, 3.05) is 24.2 Å². The van der Waals surface area contributed by atoms with Crippen molar-refractivity contribution in [2.45, 2.75) is 20.3 Å². The van der Waals surface area contributed by atoms with Crippen LogP contribution >= 0.6 is 0 Å². The van der Waals surface area contributed by atoms with Crippen LogP contribution in [0, 0.1) is 5.92 Å². The molecule has 1 aromatic carbocycles. The highest BCUT2D eigenvalue weighted by molar-refractivity contribution is 5.97. The molecule has 3 heteroatoms. The van der Waals surface area contributed by atoms with Crippen LogP contribution < -0.4 is 10.6 Å². The third-order valence-corrected chi connectivity index (χ3v) is 3.26. The second-order valence-electron chi connectivity index (χ2n) is 5.17. The van der Waals surface area contributed by atoms with E-state index in [0.29, 0.717) is 5.92 Å². The van der Waals surface area contributed by atoms with Gasteiger partial charge in [0.25, 0.3) is 0 Å². The summed E-state index contributed by atoms with van der Waals surface area (Å²) in [5.41, 5.74) is 9.12. The zero-order valence-corrected chi connectivity index (χ0v) is 11.4. The topological polar surface area (TPSA) is 42.2 Å². The summed E-state index contributed by atoms with van der Waals surface area (Å²) in [6.45, 7) is 5.50. The summed E-state index contributed by atoms with van der Waals surface area (Å²) in [7, 11) is 2.09. The summed E-state index contributed by atoms with van der Waals surface area (Å²) < 4.78 is 0. The lowest BCUT2D eigenvalue weighted by Crippen LogP contribution is -2.21. The van der Waals surface area contributed by atoms with Gasteiger partial charge in [-0.2, -0.15) is 0 Å². The average molecular weight is 243 g/mol. The number of fused-ring (bicyclic) bond motifs is 1. The number of rotatable bonds is 4. The van der Waals surface area contributed by atoms with Gasteiger partial charge in [-0.25, -0.2) is 0 Å². The summed E-state index contributed by atoms with van der Waals surface area (Å²) in [6, 6.07) is 8.05. The molecule has 2 N–H and O–H groups in total. The summed E-state index contributed by atoms with van der Waals surface area (Å²) in [6.07, 6.45) is 2.96. The largest absolute Gasteiger partial charge is 0.396 e. The molecule has 0 aliphatic heterocycles. The molecule has 1 aromatic heterocycles. The number of benzene rings is 1. The Kier molecular flexibility index (Phi) is 3.70. The minimum Gasteiger partial charge on any atom is -0.396 e. The molecule has 0 saturated carbocycles. The molecule has 0 aliphatic carbocycles. The lowest BCUT2D eigenvalue weighted by atomic mass is 10.1. The standard InChI is InChI=1S/C15H21N3/c1-11(2)8-10-18(3)14-7-6-13-12(15(14)16)5-4-9-17-13/h4-7,9,11H,8,10,16H2,1-3H3. The van der Waals surface area contributed by atoms with Crippen LogP contribution in [0.1, 0.15) is 20.3 Å². The molecule has 0 bridgehead atoms. The number of hydrogen-bond donors (Lipinski definition) is 1. The first kappa shape index (κ1) is 12.7. The zero-order chi connectivity index (χ0) is 13.1. The zero-order valence-electron chi connectivity index (χ0n) is 11.4. The molecule has 1 heterocycles. The molecule has 0 saturated heterocycles. The molecule has 2 rings (SSSR count). The minimum atomic E-state index is 0.704. The number of aromatic nitrogens is 1. The van der Waals surface area contributed by atoms with Gasteiger partial charge in [0.15, 0.2) is 0 Å². The van der Waals surface area contributed by atoms with Gasteiger partial charge in [0.1, 0.15) is 0 Å². The van der Waals surface area contributed by atoms with Gasteiger partial charge in [-0.15, -0.1) is 0 Å². The summed E-state index contributed by atoms with van der Waals surface area (Å²) in [4.78, 5) is 6.54. The van der Waals surface area contributed by atoms with Gasteiger partial charge in [-0.3, -0.25) is 4.98 Å². The molecule has 18 heavy (non-hydrogen) atoms. The van der Waals surface area contributed by atoms with E-state index in [1.165, 1.54) is 6.42 Å². The Morgan fingerprint density at radius 1 is 1.28 bits per heavy atom. The first-order chi connectivity index (χ1) is 8.59. The Hall–Kier alpha value is -1.77. The van der Waals surface area contributed by atoms with Crippen molar-refractivity contribution in [3.8, 4) is 0 Å². The lowest BCUT2D eigenvalue weighted by molar-refractivity contribution is 0.585. The van der Waals surface area contributed by atoms with Crippen molar-refractivity contribution in [3.05, 3.63) is 30.5 Å². The molecule has 0 spiro atoms. The average Bonchev–Trinajstić information content (AvgIpc) is 2.37. The third kappa shape index (κ3) is 2.55. The highest BCUT2D eigenvalue weighted by atomic mass is 15.1. The van der Waals surface area contributed by atoms with Gasteiger partial charge in [-0.05, 0) is 36.6 Å². The lowest BCUT2D eigenvalue weighted by Gasteiger charge is -2.22. The molecule has 2 aromatic rings. The first-order valence-corrected chi connectivity index (χ1v) is 6.44. The van der Waals surface area contributed by atoms with E-state index in [4.69, 9.17) is 5.73 Å². The SMILES string of the molecule is CC(C)CCN(C)c1ccc2ncccc2c1N. The summed E-state index contributed by atoms with van der Waals surface area (Å²) in [5, 5.41) is 1.03. The molecular formula is C15H21N3. The van der Waals surface area contributed by atoms with Crippen LogP contribution in [-0.2, 0) is 0 Å². The predicted molar refractivity (Wildman–Crippen MR) is 78.9 cm³/mol. The molecule has 3 nitrogen and oxygen atoms in total. The number of nitrogens with zero attached hydrogens (tertiary/aromatic N) is 2. The highest BCUT2D eigenvalue weighted by Crippen LogP contribution is 2.29. The molecule has 0 atom stereocenters. The van der Waals surface area contributed by atoms with Crippen LogP contribution in [0.4, 0.5) is 11.4 Å². The van der Waals surface area contributed by atoms with E-state index in [9.17, 15) is 0 Å². The monoisotopic (exact) mass is 243 g/mol. The highest BCUT2D eigenvalue weighted by Gasteiger charge is 2.09. The van der Waals surface area contributed by atoms with E-state index in [1.807, 2.05) is 18.2 Å². The molecule has 0 radical (unpaired) electrons. The van der Waals surface area contributed by atoms with Crippen LogP contribution in [0.15, 0.2) is 30.5 Å². The van der Waals surface area contributed by atoms with E-state index in [-0.39, 0.29) is 0 Å². The van der Waals surface area contributed by atoms with Gasteiger partial charge in [0.2, 0.25) is 0 Å². The van der Waals surface area contributed by atoms with E-state index < -0.39 is 0 Å². The number of anilines is 2. The molecular weight excluding hydrogens is 222 g/mol. The molecule has 0 fully saturated rings. The van der Waals surface area contributed by atoms with Crippen LogP contribution in [0.25, 0.3) is 10.9 Å². The van der Waals surface area contributed by atoms with Crippen molar-refractivity contribution in [1.29, 1.82) is 0 Å². The number of nitrogens with two attached hydrogens (primary N) is 1. The van der Waals surface area contributed by atoms with E-state index >= 15 is 0 Å². The van der Waals surface area contributed by atoms with Crippen molar-refractivity contribution in [1.82, 2.24) is 4.98 Å². The van der Waals surface area contributed by atoms with Crippen LogP contribution in [-0.4, -0.2) is 18.6 Å². The Morgan fingerprint density at radius 2 is 2.06 bits per heavy atom. The fourth-order valence-corrected chi connectivity index (χ4v) is 2.07. The Bertz CT molecular complexity index is 534. The van der Waals surface area contributed by atoms with Crippen LogP contribution in [0.5, 0.6) is 0 Å². The van der Waals surface area contributed by atoms with Crippen molar-refractivity contribution in [3.63, 3.8) is 0 Å². The van der Waals surface area contributed by atoms with Crippen LogP contribution in [0.3, 0.4) is 0 Å². The maximum Gasteiger partial charge on any atom is 0.0724 e. The van der Waals surface area contributed by atoms with E-state index in [1.54, 1.807) is 6.20 Å². The summed E-state index contributed by atoms with van der Waals surface area (Å²) in [5.74, 6) is 0.704. The van der Waals surface area contributed by atoms with Crippen LogP contribution in [0.2, 0.25) is 0 Å². The number of hydrogen-bond acceptors (Lipinski definition) is 3. The molecule has 0 aliphatic rings. The summed E-state index contributed by atoms with van der Waals surface area (Å²) >= 11 is 0. The van der Waals surface area contributed by atoms with Gasteiger partial charge in [0.05, 0.1) is 16.9 Å². The van der Waals surface area contributed by atoms with E-state index in [2.05, 4.69) is 36.8 Å². The fraction of sp³-hybridized carbons (Fsp3) is 0.400. The van der Waals surface area contributed by atoms with E-state index in [0.717, 1.165) is 28.8 Å². The molecule has 96 valence electrons. The van der Waals surface area contributed by atoms with Crippen molar-refractivity contribution < 1.29 is 0 Å². The quantitative estimate of drug-likeness (QED) is 0.838. The van der Waals surface area contributed by atoms with Gasteiger partial charge in [-0.1, -0.05) is 13.8 Å². The van der Waals surface area contributed by atoms with Gasteiger partial charge >= 0.3 is 0 Å². The first-order valence-electron chi connectivity index (χ1n) is 6.44. The third-order valence-electron chi connectivity index (χ3n) is 3.26. The predicted octanol–water partition coefficient (Wildman–Crippen LogP) is 3.30. The molecule has 0 unspecified atom stereocenters. The fourth-order valence-electron chi connectivity index (χ4n) is 2.07. The molecule has 0 amide bonds. The second-order valence-corrected chi connectivity index (χ2v) is 5.17. The Balaban J connectivity index is 2.31. The van der Waals surface area contributed by atoms with Crippen molar-refractivity contribution in [2.24, 2.45) is 5.92 Å². The number of pyridine rings is 1. The smallest absolute Gasteiger partial charge is 0.0724 e. The Labute approximate surface area is 109 Å².